The highest BCUT2D eigenvalue weighted by molar-refractivity contribution is 6.07. The lowest BCUT2D eigenvalue weighted by Crippen LogP contribution is -2.25. The number of amides is 2. The lowest BCUT2D eigenvalue weighted by atomic mass is 10.0. The first-order valence-electron chi connectivity index (χ1n) is 9.46. The zero-order chi connectivity index (χ0) is 22.0. The lowest BCUT2D eigenvalue weighted by Gasteiger charge is -2.18. The minimum absolute atomic E-state index is 0.185. The molecule has 1 saturated heterocycles. The number of halogens is 2. The minimum atomic E-state index is -0.803. The van der Waals surface area contributed by atoms with Gasteiger partial charge in [0.15, 0.2) is 0 Å². The van der Waals surface area contributed by atoms with E-state index >= 15 is 0 Å². The molecule has 0 atom stereocenters. The van der Waals surface area contributed by atoms with Crippen LogP contribution in [0.15, 0.2) is 60.7 Å². The number of hydrogen-bond acceptors (Lipinski definition) is 4. The van der Waals surface area contributed by atoms with Gasteiger partial charge in [-0.25, -0.2) is 13.6 Å². The maximum absolute atomic E-state index is 14.7. The summed E-state index contributed by atoms with van der Waals surface area (Å²) in [6.45, 7) is 0.599. The third-order valence-electron chi connectivity index (χ3n) is 4.90. The Balaban J connectivity index is 1.59. The van der Waals surface area contributed by atoms with E-state index in [1.54, 1.807) is 30.3 Å². The first-order valence-corrected chi connectivity index (χ1v) is 9.46. The maximum Gasteiger partial charge on any atom is 0.414 e. The average molecular weight is 424 g/mol. The third-order valence-corrected chi connectivity index (χ3v) is 4.90. The van der Waals surface area contributed by atoms with Gasteiger partial charge < -0.3 is 14.8 Å². The Hall–Kier alpha value is -3.94. The number of hydrogen-bond donors (Lipinski definition) is 1. The summed E-state index contributed by atoms with van der Waals surface area (Å²) in [5.74, 6) is -1.72. The number of carbonyl (C=O) groups is 2. The van der Waals surface area contributed by atoms with E-state index in [0.29, 0.717) is 23.7 Å². The second kappa shape index (κ2) is 8.43. The number of benzene rings is 3. The number of ether oxygens (including phenoxy) is 2. The second-order valence-electron chi connectivity index (χ2n) is 6.78. The summed E-state index contributed by atoms with van der Waals surface area (Å²) in [5.41, 5.74) is 1.06. The minimum Gasteiger partial charge on any atom is -0.497 e. The molecule has 0 spiro atoms. The van der Waals surface area contributed by atoms with Crippen molar-refractivity contribution in [2.45, 2.75) is 0 Å². The summed E-state index contributed by atoms with van der Waals surface area (Å²) in [4.78, 5) is 26.0. The summed E-state index contributed by atoms with van der Waals surface area (Å²) in [7, 11) is 1.42. The monoisotopic (exact) mass is 424 g/mol. The molecule has 0 saturated carbocycles. The Morgan fingerprint density at radius 2 is 1.87 bits per heavy atom. The Morgan fingerprint density at radius 1 is 1.06 bits per heavy atom. The Morgan fingerprint density at radius 3 is 2.55 bits per heavy atom. The van der Waals surface area contributed by atoms with E-state index < -0.39 is 23.6 Å². The fourth-order valence-electron chi connectivity index (χ4n) is 3.34. The van der Waals surface area contributed by atoms with E-state index in [2.05, 4.69) is 5.32 Å². The van der Waals surface area contributed by atoms with E-state index in [4.69, 9.17) is 9.47 Å². The molecule has 1 aliphatic rings. The highest BCUT2D eigenvalue weighted by Gasteiger charge is 2.26. The quantitative estimate of drug-likeness (QED) is 0.636. The maximum atomic E-state index is 14.7. The molecule has 8 heteroatoms. The lowest BCUT2D eigenvalue weighted by molar-refractivity contribution is 0.102. The first kappa shape index (κ1) is 20.3. The molecule has 1 fully saturated rings. The zero-order valence-corrected chi connectivity index (χ0v) is 16.5. The van der Waals surface area contributed by atoms with Crippen LogP contribution in [-0.4, -0.2) is 32.3 Å². The number of carbonyl (C=O) groups excluding carboxylic acids is 2. The molecule has 1 N–H and O–H groups in total. The van der Waals surface area contributed by atoms with Crippen LogP contribution in [0.3, 0.4) is 0 Å². The summed E-state index contributed by atoms with van der Waals surface area (Å²) < 4.78 is 38.9. The number of rotatable bonds is 5. The molecule has 1 heterocycles. The number of nitrogens with zero attached hydrogens (tertiary/aromatic N) is 1. The number of anilines is 2. The van der Waals surface area contributed by atoms with Crippen molar-refractivity contribution in [3.63, 3.8) is 0 Å². The van der Waals surface area contributed by atoms with E-state index in [1.165, 1.54) is 36.3 Å². The van der Waals surface area contributed by atoms with E-state index in [1.807, 2.05) is 0 Å². The van der Waals surface area contributed by atoms with Gasteiger partial charge in [-0.05, 0) is 42.0 Å². The molecule has 31 heavy (non-hydrogen) atoms. The van der Waals surface area contributed by atoms with Crippen molar-refractivity contribution in [2.24, 2.45) is 0 Å². The van der Waals surface area contributed by atoms with Gasteiger partial charge in [0.25, 0.3) is 5.91 Å². The molecule has 0 unspecified atom stereocenters. The summed E-state index contributed by atoms with van der Waals surface area (Å²) >= 11 is 0. The zero-order valence-electron chi connectivity index (χ0n) is 16.5. The molecule has 6 nitrogen and oxygen atoms in total. The predicted octanol–water partition coefficient (Wildman–Crippen LogP) is 4.85. The molecule has 158 valence electrons. The Bertz CT molecular complexity index is 1170. The van der Waals surface area contributed by atoms with Gasteiger partial charge in [0.2, 0.25) is 0 Å². The van der Waals surface area contributed by atoms with Gasteiger partial charge in [0.05, 0.1) is 30.6 Å². The first-order chi connectivity index (χ1) is 15.0. The van der Waals surface area contributed by atoms with Gasteiger partial charge in [-0.3, -0.25) is 9.69 Å². The van der Waals surface area contributed by atoms with Crippen LogP contribution in [0.5, 0.6) is 5.75 Å². The fraction of sp³-hybridized carbons (Fsp3) is 0.130. The molecule has 1 aliphatic heterocycles. The van der Waals surface area contributed by atoms with Crippen LogP contribution in [0.25, 0.3) is 11.1 Å². The van der Waals surface area contributed by atoms with Crippen LogP contribution in [0.2, 0.25) is 0 Å². The molecular formula is C23H18F2N2O4. The fourth-order valence-corrected chi connectivity index (χ4v) is 3.34. The molecule has 0 aliphatic carbocycles. The molecule has 2 amide bonds. The predicted molar refractivity (Wildman–Crippen MR) is 111 cm³/mol. The molecule has 0 aromatic heterocycles. The van der Waals surface area contributed by atoms with Gasteiger partial charge >= 0.3 is 6.09 Å². The topological polar surface area (TPSA) is 67.9 Å². The van der Waals surface area contributed by atoms with Crippen molar-refractivity contribution in [2.75, 3.05) is 30.5 Å². The third kappa shape index (κ3) is 4.05. The normalized spacial score (nSPS) is 13.1. The summed E-state index contributed by atoms with van der Waals surface area (Å²) in [5, 5.41) is 2.63. The number of methoxy groups -OCH3 is 1. The summed E-state index contributed by atoms with van der Waals surface area (Å²) in [6.07, 6.45) is -0.515. The molecule has 4 rings (SSSR count). The van der Waals surface area contributed by atoms with E-state index in [-0.39, 0.29) is 23.3 Å². The number of para-hydroxylation sites is 2. The standard InChI is InChI=1S/C23H18F2N2O4/c1-30-15-7-9-16(19(25)13-15)14-6-8-17(18(24)12-14)22(28)26-20-4-2-3-5-21(20)27-10-11-31-23(27)29/h2-9,12-13H,10-11H2,1H3,(H,26,28). The van der Waals surface area contributed by atoms with Gasteiger partial charge in [-0.1, -0.05) is 18.2 Å². The van der Waals surface area contributed by atoms with Crippen LogP contribution in [0.4, 0.5) is 25.0 Å². The van der Waals surface area contributed by atoms with Crippen molar-refractivity contribution in [3.8, 4) is 16.9 Å². The van der Waals surface area contributed by atoms with Crippen LogP contribution in [0.1, 0.15) is 10.4 Å². The largest absolute Gasteiger partial charge is 0.497 e. The van der Waals surface area contributed by atoms with Crippen molar-refractivity contribution in [3.05, 3.63) is 77.9 Å². The number of nitrogens with one attached hydrogen (secondary N) is 1. The van der Waals surface area contributed by atoms with Crippen molar-refractivity contribution >= 4 is 23.4 Å². The van der Waals surface area contributed by atoms with Crippen molar-refractivity contribution in [1.29, 1.82) is 0 Å². The molecule has 0 bridgehead atoms. The summed E-state index contributed by atoms with van der Waals surface area (Å²) in [6, 6.07) is 14.8. The highest BCUT2D eigenvalue weighted by Crippen LogP contribution is 2.30. The van der Waals surface area contributed by atoms with Crippen LogP contribution in [-0.2, 0) is 4.74 Å². The van der Waals surface area contributed by atoms with Crippen molar-refractivity contribution < 1.29 is 27.8 Å². The van der Waals surface area contributed by atoms with Gasteiger partial charge in [0.1, 0.15) is 24.0 Å². The van der Waals surface area contributed by atoms with Crippen LogP contribution >= 0.6 is 0 Å². The smallest absolute Gasteiger partial charge is 0.414 e. The van der Waals surface area contributed by atoms with Gasteiger partial charge in [-0.15, -0.1) is 0 Å². The van der Waals surface area contributed by atoms with Gasteiger partial charge in [0, 0.05) is 11.6 Å². The molecule has 0 radical (unpaired) electrons. The van der Waals surface area contributed by atoms with Crippen LogP contribution in [0, 0.1) is 11.6 Å². The highest BCUT2D eigenvalue weighted by atomic mass is 19.1. The second-order valence-corrected chi connectivity index (χ2v) is 6.78. The van der Waals surface area contributed by atoms with Crippen molar-refractivity contribution in [1.82, 2.24) is 0 Å². The number of cyclic esters (lactones) is 1. The van der Waals surface area contributed by atoms with E-state index in [0.717, 1.165) is 6.07 Å². The SMILES string of the molecule is COc1ccc(-c2ccc(C(=O)Nc3ccccc3N3CCOC3=O)c(F)c2)c(F)c1. The molecule has 3 aromatic carbocycles. The Kier molecular flexibility index (Phi) is 5.53. The molecule has 3 aromatic rings. The molecular weight excluding hydrogens is 406 g/mol. The average Bonchev–Trinajstić information content (AvgIpc) is 3.19. The van der Waals surface area contributed by atoms with E-state index in [9.17, 15) is 18.4 Å². The van der Waals surface area contributed by atoms with Crippen LogP contribution < -0.4 is 15.0 Å². The Labute approximate surface area is 177 Å². The van der Waals surface area contributed by atoms with Gasteiger partial charge in [-0.2, -0.15) is 0 Å².